The summed E-state index contributed by atoms with van der Waals surface area (Å²) in [7, 11) is 0. The maximum Gasteiger partial charge on any atom is 0.211 e. The van der Waals surface area contributed by atoms with Gasteiger partial charge in [-0.2, -0.15) is 0 Å². The van der Waals surface area contributed by atoms with Crippen LogP contribution in [0.15, 0.2) is 24.3 Å². The number of carbonyl (C=O) groups excluding carboxylic acids is 1. The van der Waals surface area contributed by atoms with Gasteiger partial charge in [0.2, 0.25) is 6.54 Å². The van der Waals surface area contributed by atoms with E-state index < -0.39 is 4.92 Å². The van der Waals surface area contributed by atoms with Crippen LogP contribution in [0.1, 0.15) is 61.4 Å². The Bertz CT molecular complexity index is 426. The van der Waals surface area contributed by atoms with Gasteiger partial charge in [-0.1, -0.05) is 56.9 Å². The number of carbonyl (C=O) groups is 1. The molecule has 0 aliphatic heterocycles. The molecule has 0 fully saturated rings. The molecule has 0 aromatic heterocycles. The predicted octanol–water partition coefficient (Wildman–Crippen LogP) is 4.05. The van der Waals surface area contributed by atoms with Gasteiger partial charge in [0.1, 0.15) is 0 Å². The van der Waals surface area contributed by atoms with E-state index in [0.29, 0.717) is 5.56 Å². The van der Waals surface area contributed by atoms with Gasteiger partial charge in [-0.25, -0.2) is 0 Å². The SMILES string of the molecule is CCCCCCCc1ccc(C(=O)CC[N+](=O)[O-])cc1. The van der Waals surface area contributed by atoms with Crippen LogP contribution < -0.4 is 0 Å². The fourth-order valence-corrected chi connectivity index (χ4v) is 2.13. The number of Topliss-reactive ketones (excluding diaryl/α,β-unsaturated/α-hetero) is 1. The third-order valence-electron chi connectivity index (χ3n) is 3.37. The van der Waals surface area contributed by atoms with Gasteiger partial charge < -0.3 is 0 Å². The predicted molar refractivity (Wildman–Crippen MR) is 79.7 cm³/mol. The van der Waals surface area contributed by atoms with Crippen molar-refractivity contribution in [1.82, 2.24) is 0 Å². The molecule has 0 radical (unpaired) electrons. The van der Waals surface area contributed by atoms with Gasteiger partial charge in [0.25, 0.3) is 0 Å². The van der Waals surface area contributed by atoms with E-state index >= 15 is 0 Å². The van der Waals surface area contributed by atoms with Gasteiger partial charge >= 0.3 is 0 Å². The highest BCUT2D eigenvalue weighted by Gasteiger charge is 2.09. The van der Waals surface area contributed by atoms with Crippen molar-refractivity contribution in [3.05, 3.63) is 45.5 Å². The van der Waals surface area contributed by atoms with E-state index in [4.69, 9.17) is 0 Å². The topological polar surface area (TPSA) is 60.2 Å². The zero-order chi connectivity index (χ0) is 14.8. The maximum atomic E-state index is 11.7. The maximum absolute atomic E-state index is 11.7. The molecule has 0 atom stereocenters. The number of ketones is 1. The molecule has 0 aliphatic carbocycles. The van der Waals surface area contributed by atoms with E-state index in [9.17, 15) is 14.9 Å². The monoisotopic (exact) mass is 277 g/mol. The first kappa shape index (κ1) is 16.3. The van der Waals surface area contributed by atoms with Crippen molar-refractivity contribution in [3.8, 4) is 0 Å². The summed E-state index contributed by atoms with van der Waals surface area (Å²) < 4.78 is 0. The number of nitrogens with zero attached hydrogens (tertiary/aromatic N) is 1. The summed E-state index contributed by atoms with van der Waals surface area (Å²) in [6, 6.07) is 7.48. The molecular formula is C16H23NO3. The number of rotatable bonds is 10. The molecule has 0 heterocycles. The molecule has 4 heteroatoms. The van der Waals surface area contributed by atoms with Gasteiger partial charge in [-0.15, -0.1) is 0 Å². The van der Waals surface area contributed by atoms with Crippen molar-refractivity contribution in [1.29, 1.82) is 0 Å². The normalized spacial score (nSPS) is 10.4. The first-order valence-corrected chi connectivity index (χ1v) is 7.37. The average molecular weight is 277 g/mol. The molecule has 0 saturated carbocycles. The zero-order valence-electron chi connectivity index (χ0n) is 12.1. The molecule has 110 valence electrons. The molecule has 0 amide bonds. The summed E-state index contributed by atoms with van der Waals surface area (Å²) in [6.07, 6.45) is 7.27. The molecule has 1 rings (SSSR count). The van der Waals surface area contributed by atoms with E-state index in [1.165, 1.54) is 37.7 Å². The fraction of sp³-hybridized carbons (Fsp3) is 0.562. The number of nitro groups is 1. The van der Waals surface area contributed by atoms with Crippen molar-refractivity contribution in [2.45, 2.75) is 51.9 Å². The average Bonchev–Trinajstić information content (AvgIpc) is 2.45. The molecule has 0 spiro atoms. The van der Waals surface area contributed by atoms with Crippen LogP contribution in [-0.4, -0.2) is 17.3 Å². The van der Waals surface area contributed by atoms with Crippen molar-refractivity contribution in [2.75, 3.05) is 6.54 Å². The van der Waals surface area contributed by atoms with Crippen molar-refractivity contribution < 1.29 is 9.72 Å². The number of unbranched alkanes of at least 4 members (excludes halogenated alkanes) is 4. The highest BCUT2D eigenvalue weighted by molar-refractivity contribution is 5.96. The van der Waals surface area contributed by atoms with Crippen LogP contribution in [0.25, 0.3) is 0 Å². The van der Waals surface area contributed by atoms with E-state index in [0.717, 1.165) is 6.42 Å². The van der Waals surface area contributed by atoms with Crippen LogP contribution in [0.4, 0.5) is 0 Å². The van der Waals surface area contributed by atoms with Crippen LogP contribution in [0.2, 0.25) is 0 Å². The number of hydrogen-bond acceptors (Lipinski definition) is 3. The highest BCUT2D eigenvalue weighted by Crippen LogP contribution is 2.11. The lowest BCUT2D eigenvalue weighted by Gasteiger charge is -2.03. The Morgan fingerprint density at radius 1 is 1.10 bits per heavy atom. The highest BCUT2D eigenvalue weighted by atomic mass is 16.6. The largest absolute Gasteiger partial charge is 0.294 e. The second-order valence-electron chi connectivity index (χ2n) is 5.09. The minimum Gasteiger partial charge on any atom is -0.294 e. The molecule has 20 heavy (non-hydrogen) atoms. The fourth-order valence-electron chi connectivity index (χ4n) is 2.13. The summed E-state index contributed by atoms with van der Waals surface area (Å²) in [5.41, 5.74) is 1.80. The van der Waals surface area contributed by atoms with E-state index in [1.807, 2.05) is 12.1 Å². The zero-order valence-corrected chi connectivity index (χ0v) is 12.1. The van der Waals surface area contributed by atoms with E-state index in [2.05, 4.69) is 6.92 Å². The molecule has 0 bridgehead atoms. The smallest absolute Gasteiger partial charge is 0.211 e. The van der Waals surface area contributed by atoms with Crippen LogP contribution in [0, 0.1) is 10.1 Å². The Morgan fingerprint density at radius 3 is 2.35 bits per heavy atom. The summed E-state index contributed by atoms with van der Waals surface area (Å²) >= 11 is 0. The molecule has 0 aliphatic rings. The van der Waals surface area contributed by atoms with Gasteiger partial charge in [0.15, 0.2) is 5.78 Å². The van der Waals surface area contributed by atoms with Gasteiger partial charge in [-0.05, 0) is 18.4 Å². The quantitative estimate of drug-likeness (QED) is 0.280. The van der Waals surface area contributed by atoms with Gasteiger partial charge in [0, 0.05) is 10.5 Å². The van der Waals surface area contributed by atoms with Crippen molar-refractivity contribution >= 4 is 5.78 Å². The Kier molecular flexibility index (Phi) is 7.55. The molecule has 0 N–H and O–H groups in total. The molecule has 4 nitrogen and oxygen atoms in total. The van der Waals surface area contributed by atoms with Crippen LogP contribution in [0.5, 0.6) is 0 Å². The Labute approximate surface area is 120 Å². The Balaban J connectivity index is 2.36. The lowest BCUT2D eigenvalue weighted by Crippen LogP contribution is -2.08. The lowest BCUT2D eigenvalue weighted by atomic mass is 10.0. The van der Waals surface area contributed by atoms with Crippen LogP contribution in [-0.2, 0) is 6.42 Å². The third-order valence-corrected chi connectivity index (χ3v) is 3.37. The third kappa shape index (κ3) is 6.45. The van der Waals surface area contributed by atoms with Gasteiger partial charge in [-0.3, -0.25) is 14.9 Å². The minimum absolute atomic E-state index is 0.0244. The molecule has 1 aromatic carbocycles. The second kappa shape index (κ2) is 9.23. The summed E-state index contributed by atoms with van der Waals surface area (Å²) in [6.45, 7) is 1.91. The first-order valence-electron chi connectivity index (χ1n) is 7.37. The minimum atomic E-state index is -0.456. The Hall–Kier alpha value is -1.71. The number of benzene rings is 1. The second-order valence-corrected chi connectivity index (χ2v) is 5.09. The van der Waals surface area contributed by atoms with Crippen LogP contribution in [0.3, 0.4) is 0 Å². The Morgan fingerprint density at radius 2 is 1.75 bits per heavy atom. The standard InChI is InChI=1S/C16H23NO3/c1-2-3-4-5-6-7-14-8-10-15(11-9-14)16(18)12-13-17(19)20/h8-11H,2-7,12-13H2,1H3. The summed E-state index contributed by atoms with van der Waals surface area (Å²) in [5.74, 6) is -0.156. The van der Waals surface area contributed by atoms with E-state index in [-0.39, 0.29) is 18.7 Å². The molecular weight excluding hydrogens is 254 g/mol. The van der Waals surface area contributed by atoms with Crippen molar-refractivity contribution in [3.63, 3.8) is 0 Å². The first-order chi connectivity index (χ1) is 9.63. The van der Waals surface area contributed by atoms with Crippen molar-refractivity contribution in [2.24, 2.45) is 0 Å². The summed E-state index contributed by atoms with van der Waals surface area (Å²) in [4.78, 5) is 21.5. The molecule has 1 aromatic rings. The number of hydrogen-bond donors (Lipinski definition) is 0. The summed E-state index contributed by atoms with van der Waals surface area (Å²) in [5, 5.41) is 10.2. The molecule has 0 unspecified atom stereocenters. The lowest BCUT2D eigenvalue weighted by molar-refractivity contribution is -0.478. The number of aryl methyl sites for hydroxylation is 1. The molecule has 0 saturated heterocycles. The van der Waals surface area contributed by atoms with Gasteiger partial charge in [0.05, 0.1) is 6.42 Å². The van der Waals surface area contributed by atoms with Crippen LogP contribution >= 0.6 is 0 Å². The van der Waals surface area contributed by atoms with E-state index in [1.54, 1.807) is 12.1 Å².